The lowest BCUT2D eigenvalue weighted by Crippen LogP contribution is -2.26. The maximum atomic E-state index is 12.5. The molecule has 2 unspecified atom stereocenters. The molecule has 0 saturated heterocycles. The Morgan fingerprint density at radius 1 is 1.27 bits per heavy atom. The van der Waals surface area contributed by atoms with Crippen molar-refractivity contribution in [2.75, 3.05) is 0 Å². The lowest BCUT2D eigenvalue weighted by Gasteiger charge is -2.23. The summed E-state index contributed by atoms with van der Waals surface area (Å²) >= 11 is 3.33. The fourth-order valence-electron chi connectivity index (χ4n) is 3.99. The monoisotopic (exact) mass is 390 g/mol. The van der Waals surface area contributed by atoms with Crippen LogP contribution < -0.4 is 0 Å². The molecule has 4 nitrogen and oxygen atoms in total. The lowest BCUT2D eigenvalue weighted by atomic mass is 9.89. The van der Waals surface area contributed by atoms with E-state index in [1.807, 2.05) is 6.92 Å². The molecule has 0 amide bonds. The van der Waals surface area contributed by atoms with E-state index in [9.17, 15) is 4.79 Å². The molecule has 6 heteroatoms. The van der Waals surface area contributed by atoms with E-state index in [1.165, 1.54) is 53.3 Å². The molecule has 2 heterocycles. The molecule has 0 bridgehead atoms. The van der Waals surface area contributed by atoms with Crippen molar-refractivity contribution in [1.82, 2.24) is 9.97 Å². The number of aromatic nitrogens is 2. The number of hydrogen-bond donors (Lipinski definition) is 0. The molecule has 2 atom stereocenters. The summed E-state index contributed by atoms with van der Waals surface area (Å²) in [5.41, 5.74) is 1.42. The van der Waals surface area contributed by atoms with Gasteiger partial charge in [0.1, 0.15) is 27.5 Å². The van der Waals surface area contributed by atoms with Crippen LogP contribution in [0.3, 0.4) is 0 Å². The van der Waals surface area contributed by atoms with Crippen LogP contribution in [0.1, 0.15) is 62.8 Å². The van der Waals surface area contributed by atoms with Crippen LogP contribution in [0.5, 0.6) is 0 Å². The first-order chi connectivity index (χ1) is 12.6. The molecule has 26 heavy (non-hydrogen) atoms. The van der Waals surface area contributed by atoms with E-state index >= 15 is 0 Å². The van der Waals surface area contributed by atoms with Crippen molar-refractivity contribution < 1.29 is 9.53 Å². The zero-order chi connectivity index (χ0) is 18.1. The van der Waals surface area contributed by atoms with Crippen LogP contribution in [-0.4, -0.2) is 27.3 Å². The fourth-order valence-corrected chi connectivity index (χ4v) is 6.34. The van der Waals surface area contributed by atoms with Gasteiger partial charge in [0.25, 0.3) is 0 Å². The van der Waals surface area contributed by atoms with Crippen LogP contribution in [0.15, 0.2) is 11.4 Å². The number of carbonyl (C=O) groups is 1. The molecule has 2 aliphatic carbocycles. The number of thioether (sulfide) groups is 1. The maximum Gasteiger partial charge on any atom is 0.319 e. The van der Waals surface area contributed by atoms with Crippen LogP contribution >= 0.6 is 23.1 Å². The Hall–Kier alpha value is -1.14. The summed E-state index contributed by atoms with van der Waals surface area (Å²) in [6.45, 7) is 4.25. The van der Waals surface area contributed by atoms with E-state index < -0.39 is 0 Å². The third kappa shape index (κ3) is 3.77. The van der Waals surface area contributed by atoms with Crippen LogP contribution in [0.2, 0.25) is 0 Å². The average Bonchev–Trinajstić information content (AvgIpc) is 3.00. The number of aryl methyl sites for hydroxylation is 1. The zero-order valence-corrected chi connectivity index (χ0v) is 17.1. The van der Waals surface area contributed by atoms with Crippen molar-refractivity contribution in [1.29, 1.82) is 0 Å². The molecule has 0 aliphatic heterocycles. The van der Waals surface area contributed by atoms with E-state index in [1.54, 1.807) is 17.7 Å². The molecule has 1 fully saturated rings. The Kier molecular flexibility index (Phi) is 5.50. The van der Waals surface area contributed by atoms with Gasteiger partial charge < -0.3 is 4.74 Å². The van der Waals surface area contributed by atoms with Crippen LogP contribution in [0.25, 0.3) is 10.2 Å². The predicted octanol–water partition coefficient (Wildman–Crippen LogP) is 5.17. The Bertz CT molecular complexity index is 798. The quantitative estimate of drug-likeness (QED) is 0.409. The van der Waals surface area contributed by atoms with Gasteiger partial charge >= 0.3 is 5.97 Å². The Balaban J connectivity index is 1.52. The SMILES string of the molecule is CC1CCc2c(sc3ncnc(SC(C)C(=O)OC4CCCCC4)c23)C1. The first-order valence-corrected chi connectivity index (χ1v) is 11.4. The first-order valence-electron chi connectivity index (χ1n) is 9.74. The van der Waals surface area contributed by atoms with Gasteiger partial charge in [-0.25, -0.2) is 9.97 Å². The summed E-state index contributed by atoms with van der Waals surface area (Å²) < 4.78 is 5.74. The topological polar surface area (TPSA) is 52.1 Å². The number of rotatable bonds is 4. The van der Waals surface area contributed by atoms with E-state index in [4.69, 9.17) is 4.74 Å². The number of ether oxygens (including phenoxy) is 1. The molecule has 1 saturated carbocycles. The summed E-state index contributed by atoms with van der Waals surface area (Å²) in [5.74, 6) is 0.635. The molecule has 2 aromatic heterocycles. The number of fused-ring (bicyclic) bond motifs is 3. The van der Waals surface area contributed by atoms with Crippen molar-refractivity contribution >= 4 is 39.3 Å². The minimum absolute atomic E-state index is 0.105. The van der Waals surface area contributed by atoms with Gasteiger partial charge in [0.15, 0.2) is 0 Å². The van der Waals surface area contributed by atoms with Gasteiger partial charge in [0, 0.05) is 10.3 Å². The lowest BCUT2D eigenvalue weighted by molar-refractivity contribution is -0.149. The van der Waals surface area contributed by atoms with Crippen LogP contribution in [0, 0.1) is 5.92 Å². The van der Waals surface area contributed by atoms with Crippen molar-refractivity contribution in [2.45, 2.75) is 81.6 Å². The van der Waals surface area contributed by atoms with Gasteiger partial charge in [-0.05, 0) is 63.4 Å². The number of carbonyl (C=O) groups excluding carboxylic acids is 1. The molecule has 0 spiro atoms. The van der Waals surface area contributed by atoms with Crippen molar-refractivity contribution in [2.24, 2.45) is 5.92 Å². The smallest absolute Gasteiger partial charge is 0.319 e. The highest BCUT2D eigenvalue weighted by molar-refractivity contribution is 8.00. The summed E-state index contributed by atoms with van der Waals surface area (Å²) in [7, 11) is 0. The van der Waals surface area contributed by atoms with Gasteiger partial charge in [-0.15, -0.1) is 11.3 Å². The van der Waals surface area contributed by atoms with Crippen molar-refractivity contribution in [3.63, 3.8) is 0 Å². The standard InChI is InChI=1S/C20H26N2O2S2/c1-12-8-9-15-16(10-12)26-19-17(15)18(21-11-22-19)25-13(2)20(23)24-14-6-4-3-5-7-14/h11-14H,3-10H2,1-2H3. The Morgan fingerprint density at radius 2 is 2.08 bits per heavy atom. The number of thiophene rings is 1. The molecular weight excluding hydrogens is 364 g/mol. The van der Waals surface area contributed by atoms with E-state index in [0.29, 0.717) is 0 Å². The number of nitrogens with zero attached hydrogens (tertiary/aromatic N) is 2. The van der Waals surface area contributed by atoms with Crippen LogP contribution in [0.4, 0.5) is 0 Å². The predicted molar refractivity (Wildman–Crippen MR) is 107 cm³/mol. The summed E-state index contributed by atoms with van der Waals surface area (Å²) in [4.78, 5) is 24.1. The average molecular weight is 391 g/mol. The maximum absolute atomic E-state index is 12.5. The molecule has 2 aromatic rings. The molecule has 2 aliphatic rings. The molecular formula is C20H26N2O2S2. The van der Waals surface area contributed by atoms with Gasteiger partial charge in [0.05, 0.1) is 0 Å². The van der Waals surface area contributed by atoms with Crippen molar-refractivity contribution in [3.05, 3.63) is 16.8 Å². The minimum Gasteiger partial charge on any atom is -0.462 e. The second-order valence-corrected chi connectivity index (χ2v) is 10.1. The highest BCUT2D eigenvalue weighted by Gasteiger charge is 2.27. The van der Waals surface area contributed by atoms with Gasteiger partial charge in [-0.3, -0.25) is 4.79 Å². The zero-order valence-electron chi connectivity index (χ0n) is 15.5. The first kappa shape index (κ1) is 18.2. The normalized spacial score (nSPS) is 22.2. The molecule has 140 valence electrons. The largest absolute Gasteiger partial charge is 0.462 e. The minimum atomic E-state index is -0.243. The Labute approximate surface area is 163 Å². The van der Waals surface area contributed by atoms with E-state index in [-0.39, 0.29) is 17.3 Å². The molecule has 4 rings (SSSR count). The molecule has 0 N–H and O–H groups in total. The summed E-state index contributed by atoms with van der Waals surface area (Å²) in [6, 6.07) is 0. The second-order valence-electron chi connectivity index (χ2n) is 7.67. The van der Waals surface area contributed by atoms with Crippen LogP contribution in [-0.2, 0) is 22.4 Å². The molecule has 0 aromatic carbocycles. The van der Waals surface area contributed by atoms with Gasteiger partial charge in [-0.2, -0.15) is 0 Å². The molecule has 0 radical (unpaired) electrons. The van der Waals surface area contributed by atoms with Gasteiger partial charge in [-0.1, -0.05) is 25.1 Å². The third-order valence-electron chi connectivity index (χ3n) is 5.51. The number of hydrogen-bond acceptors (Lipinski definition) is 6. The number of esters is 1. The van der Waals surface area contributed by atoms with Crippen molar-refractivity contribution in [3.8, 4) is 0 Å². The van der Waals surface area contributed by atoms with Gasteiger partial charge in [0.2, 0.25) is 0 Å². The fraction of sp³-hybridized carbons (Fsp3) is 0.650. The second kappa shape index (κ2) is 7.85. The highest BCUT2D eigenvalue weighted by atomic mass is 32.2. The van der Waals surface area contributed by atoms with E-state index in [0.717, 1.165) is 41.5 Å². The third-order valence-corrected chi connectivity index (χ3v) is 7.75. The summed E-state index contributed by atoms with van der Waals surface area (Å²) in [6.07, 6.45) is 10.8. The van der Waals surface area contributed by atoms with E-state index in [2.05, 4.69) is 16.9 Å². The summed E-state index contributed by atoms with van der Waals surface area (Å²) in [5, 5.41) is 1.88. The Morgan fingerprint density at radius 3 is 2.88 bits per heavy atom. The highest BCUT2D eigenvalue weighted by Crippen LogP contribution is 2.41.